The number of aliphatic hydroxyl groups is 5. The molecule has 43 heavy (non-hydrogen) atoms. The van der Waals surface area contributed by atoms with Crippen molar-refractivity contribution in [3.05, 3.63) is 47.0 Å². The fraction of sp³-hybridized carbons (Fsp3) is 0.645. The summed E-state index contributed by atoms with van der Waals surface area (Å²) in [5.74, 6) is -4.59. The average Bonchev–Trinajstić information content (AvgIpc) is 3.17. The van der Waals surface area contributed by atoms with E-state index in [2.05, 4.69) is 0 Å². The van der Waals surface area contributed by atoms with E-state index < -0.39 is 88.4 Å². The molecule has 0 spiro atoms. The van der Waals surface area contributed by atoms with Crippen molar-refractivity contribution in [3.63, 3.8) is 0 Å². The van der Waals surface area contributed by atoms with Gasteiger partial charge in [0, 0.05) is 26.2 Å². The molecule has 0 saturated heterocycles. The molecule has 0 bridgehead atoms. The Labute approximate surface area is 255 Å². The molecule has 4 rings (SSSR count). The molecular weight excluding hydrogens is 584 g/mol. The Morgan fingerprint density at radius 2 is 1.58 bits per heavy atom. The largest absolute Gasteiger partial charge is 0.462 e. The van der Waals surface area contributed by atoms with E-state index in [1.807, 2.05) is 0 Å². The van der Waals surface area contributed by atoms with Crippen LogP contribution in [0.25, 0.3) is 0 Å². The lowest BCUT2D eigenvalue weighted by Gasteiger charge is -2.60. The van der Waals surface area contributed by atoms with Crippen molar-refractivity contribution >= 4 is 29.5 Å². The summed E-state index contributed by atoms with van der Waals surface area (Å²) in [6.07, 6.45) is -9.79. The second-order valence-corrected chi connectivity index (χ2v) is 13.1. The van der Waals surface area contributed by atoms with Gasteiger partial charge in [0.15, 0.2) is 0 Å². The normalized spacial score (nSPS) is 39.3. The molecule has 0 unspecified atom stereocenters. The van der Waals surface area contributed by atoms with E-state index in [4.69, 9.17) is 25.8 Å². The molecule has 10 atom stereocenters. The summed E-state index contributed by atoms with van der Waals surface area (Å²) < 4.78 is 17.8. The van der Waals surface area contributed by atoms with E-state index in [0.29, 0.717) is 0 Å². The Morgan fingerprint density at radius 3 is 2.09 bits per heavy atom. The third-order valence-corrected chi connectivity index (χ3v) is 10.4. The fourth-order valence-electron chi connectivity index (χ4n) is 7.97. The highest BCUT2D eigenvalue weighted by atomic mass is 35.5. The first-order valence-corrected chi connectivity index (χ1v) is 14.8. The number of rotatable bonds is 6. The van der Waals surface area contributed by atoms with E-state index in [9.17, 15) is 39.9 Å². The maximum Gasteiger partial charge on any atom is 0.338 e. The number of alkyl halides is 1. The van der Waals surface area contributed by atoms with E-state index in [1.165, 1.54) is 32.9 Å². The maximum atomic E-state index is 13.6. The van der Waals surface area contributed by atoms with Gasteiger partial charge in [-0.15, -0.1) is 11.6 Å². The van der Waals surface area contributed by atoms with Crippen LogP contribution in [0.4, 0.5) is 0 Å². The van der Waals surface area contributed by atoms with E-state index in [1.54, 1.807) is 25.1 Å². The number of ether oxygens (including phenoxy) is 3. The van der Waals surface area contributed by atoms with E-state index in [-0.39, 0.29) is 29.6 Å². The Hall–Kier alpha value is -2.54. The fourth-order valence-corrected chi connectivity index (χ4v) is 8.31. The molecule has 2 saturated carbocycles. The Morgan fingerprint density at radius 1 is 1.00 bits per heavy atom. The Bertz CT molecular complexity index is 1290. The zero-order valence-corrected chi connectivity index (χ0v) is 25.9. The number of esters is 3. The van der Waals surface area contributed by atoms with Gasteiger partial charge in [-0.25, -0.2) is 4.79 Å². The van der Waals surface area contributed by atoms with Crippen molar-refractivity contribution in [1.82, 2.24) is 0 Å². The minimum Gasteiger partial charge on any atom is -0.462 e. The molecule has 0 radical (unpaired) electrons. The zero-order chi connectivity index (χ0) is 32.3. The molecule has 238 valence electrons. The van der Waals surface area contributed by atoms with Gasteiger partial charge in [-0.3, -0.25) is 9.59 Å². The van der Waals surface area contributed by atoms with Crippen molar-refractivity contribution in [2.45, 2.75) is 102 Å². The third-order valence-electron chi connectivity index (χ3n) is 9.97. The van der Waals surface area contributed by atoms with Crippen molar-refractivity contribution < 1.29 is 54.1 Å². The highest BCUT2D eigenvalue weighted by Crippen LogP contribution is 2.66. The highest BCUT2D eigenvalue weighted by molar-refractivity contribution is 6.18. The van der Waals surface area contributed by atoms with Gasteiger partial charge in [0.2, 0.25) is 0 Å². The van der Waals surface area contributed by atoms with Crippen molar-refractivity contribution in [1.29, 1.82) is 0 Å². The minimum absolute atomic E-state index is 0.0493. The van der Waals surface area contributed by atoms with Gasteiger partial charge in [0.1, 0.15) is 30.0 Å². The number of carbonyl (C=O) groups is 3. The van der Waals surface area contributed by atoms with Gasteiger partial charge in [-0.1, -0.05) is 25.1 Å². The first-order valence-electron chi connectivity index (χ1n) is 14.2. The first kappa shape index (κ1) is 33.4. The van der Waals surface area contributed by atoms with Crippen LogP contribution >= 0.6 is 11.6 Å². The molecule has 2 fully saturated rings. The molecule has 3 aliphatic rings. The molecule has 0 aliphatic heterocycles. The van der Waals surface area contributed by atoms with Crippen LogP contribution in [0.1, 0.15) is 64.7 Å². The molecule has 1 aromatic rings. The number of halogens is 1. The molecule has 0 amide bonds. The lowest BCUT2D eigenvalue weighted by atomic mass is 9.51. The van der Waals surface area contributed by atoms with Gasteiger partial charge < -0.3 is 39.7 Å². The molecule has 0 aromatic heterocycles. The van der Waals surface area contributed by atoms with Crippen LogP contribution in [0.2, 0.25) is 0 Å². The smallest absolute Gasteiger partial charge is 0.338 e. The number of benzene rings is 1. The van der Waals surface area contributed by atoms with Gasteiger partial charge in [-0.05, 0) is 50.5 Å². The highest BCUT2D eigenvalue weighted by Gasteiger charge is 2.76. The number of carbonyl (C=O) groups excluding carboxylic acids is 3. The van der Waals surface area contributed by atoms with Crippen LogP contribution in [0.15, 0.2) is 41.5 Å². The molecule has 1 aromatic carbocycles. The van der Waals surface area contributed by atoms with Crippen LogP contribution in [-0.2, 0) is 23.8 Å². The SMILES string of the molecule is CC(=O)O[C@H]1C[C@H](O)[C@@](O)(CCl)[C@H]2[C@H](OC(C)=O)[C@]3(C(C)(C)O)C[C@H](O)C(C)=C3[C@@H](O)[C@H](OC(=O)c3ccccc3)[C@]12C. The van der Waals surface area contributed by atoms with Gasteiger partial charge in [0.25, 0.3) is 0 Å². The topological polar surface area (TPSA) is 180 Å². The third kappa shape index (κ3) is 5.07. The zero-order valence-electron chi connectivity index (χ0n) is 25.1. The van der Waals surface area contributed by atoms with E-state index >= 15 is 0 Å². The Balaban J connectivity index is 2.14. The van der Waals surface area contributed by atoms with Crippen molar-refractivity contribution in [2.75, 3.05) is 5.88 Å². The summed E-state index contributed by atoms with van der Waals surface area (Å²) in [4.78, 5) is 38.8. The van der Waals surface area contributed by atoms with Crippen LogP contribution in [-0.4, -0.2) is 97.1 Å². The summed E-state index contributed by atoms with van der Waals surface area (Å²) in [6, 6.07) is 7.93. The molecule has 12 heteroatoms. The Kier molecular flexibility index (Phi) is 8.87. The van der Waals surface area contributed by atoms with Crippen LogP contribution < -0.4 is 0 Å². The molecule has 3 aliphatic carbocycles. The first-order chi connectivity index (χ1) is 19.9. The monoisotopic (exact) mass is 624 g/mol. The van der Waals surface area contributed by atoms with Crippen LogP contribution in [0.3, 0.4) is 0 Å². The second kappa shape index (κ2) is 11.4. The van der Waals surface area contributed by atoms with Gasteiger partial charge in [0.05, 0.1) is 40.1 Å². The minimum atomic E-state index is -2.29. The number of hydrogen-bond acceptors (Lipinski definition) is 11. The predicted molar refractivity (Wildman–Crippen MR) is 153 cm³/mol. The van der Waals surface area contributed by atoms with Crippen LogP contribution in [0.5, 0.6) is 0 Å². The molecule has 0 heterocycles. The van der Waals surface area contributed by atoms with Gasteiger partial charge >= 0.3 is 17.9 Å². The molecule has 5 N–H and O–H groups in total. The standard InChI is InChI=1S/C31H41ClO11/c1-15-19(35)13-30(28(4,5)39)22(15)23(37)25(43-27(38)18-10-8-7-9-11-18)29(6)21(41-16(2)33)12-20(36)31(40,14-32)24(29)26(30)42-17(3)34/h7-11,19-21,23-26,35-37,39-40H,12-14H2,1-6H3/t19-,20-,21-,23+,24-,25-,26-,29+,30-,31-/m0/s1. The second-order valence-electron chi connectivity index (χ2n) is 12.8. The quantitative estimate of drug-likeness (QED) is 0.134. The van der Waals surface area contributed by atoms with Crippen molar-refractivity contribution in [3.8, 4) is 0 Å². The summed E-state index contributed by atoms with van der Waals surface area (Å²) in [6.45, 7) is 8.14. The van der Waals surface area contributed by atoms with Gasteiger partial charge in [-0.2, -0.15) is 0 Å². The van der Waals surface area contributed by atoms with Crippen molar-refractivity contribution in [2.24, 2.45) is 16.7 Å². The number of aliphatic hydroxyl groups excluding tert-OH is 3. The number of hydrogen-bond donors (Lipinski definition) is 5. The predicted octanol–water partition coefficient (Wildman–Crippen LogP) is 1.65. The lowest BCUT2D eigenvalue weighted by molar-refractivity contribution is -0.276. The molecular formula is C31H41ClO11. The van der Waals surface area contributed by atoms with E-state index in [0.717, 1.165) is 13.8 Å². The molecule has 11 nitrogen and oxygen atoms in total. The maximum absolute atomic E-state index is 13.6. The summed E-state index contributed by atoms with van der Waals surface area (Å²) in [7, 11) is 0. The number of fused-ring (bicyclic) bond motifs is 2. The average molecular weight is 625 g/mol. The summed E-state index contributed by atoms with van der Waals surface area (Å²) >= 11 is 6.40. The lowest BCUT2D eigenvalue weighted by Crippen LogP contribution is -2.73. The van der Waals surface area contributed by atoms with Crippen LogP contribution in [0, 0.1) is 16.7 Å². The summed E-state index contributed by atoms with van der Waals surface area (Å²) in [5.41, 5.74) is -7.30. The summed E-state index contributed by atoms with van der Waals surface area (Å²) in [5, 5.41) is 59.1.